The van der Waals surface area contributed by atoms with Gasteiger partial charge in [0.05, 0.1) is 14.2 Å². The Hall–Kier alpha value is -2.54. The summed E-state index contributed by atoms with van der Waals surface area (Å²) in [4.78, 5) is 26.6. The van der Waals surface area contributed by atoms with Gasteiger partial charge in [0.25, 0.3) is 5.91 Å². The van der Waals surface area contributed by atoms with Crippen molar-refractivity contribution in [3.8, 4) is 11.5 Å². The number of aryl methyl sites for hydroxylation is 2. The second-order valence-electron chi connectivity index (χ2n) is 6.40. The molecule has 1 heterocycles. The summed E-state index contributed by atoms with van der Waals surface area (Å²) >= 11 is 1.47. The standard InChI is InChI=1S/C20H23NO5S/c1-12(19(22)21-14-9-15(24-2)11-16(10-14)25-3)26-20(23)18-8-13-6-4-5-7-17(13)27-18/h8-12H,4-7H2,1-3H3,(H,21,22). The van der Waals surface area contributed by atoms with E-state index in [1.165, 1.54) is 36.0 Å². The number of amides is 1. The molecule has 1 unspecified atom stereocenters. The lowest BCUT2D eigenvalue weighted by Crippen LogP contribution is -2.29. The average Bonchev–Trinajstić information content (AvgIpc) is 3.11. The van der Waals surface area contributed by atoms with Crippen LogP contribution in [-0.2, 0) is 22.4 Å². The third kappa shape index (κ3) is 4.60. The maximum Gasteiger partial charge on any atom is 0.349 e. The van der Waals surface area contributed by atoms with Crippen molar-refractivity contribution in [1.29, 1.82) is 0 Å². The number of nitrogens with one attached hydrogen (secondary N) is 1. The van der Waals surface area contributed by atoms with Crippen molar-refractivity contribution < 1.29 is 23.8 Å². The van der Waals surface area contributed by atoms with Crippen LogP contribution < -0.4 is 14.8 Å². The van der Waals surface area contributed by atoms with Gasteiger partial charge in [-0.3, -0.25) is 4.79 Å². The van der Waals surface area contributed by atoms with Crippen molar-refractivity contribution >= 4 is 28.9 Å². The summed E-state index contributed by atoms with van der Waals surface area (Å²) in [6.45, 7) is 1.55. The lowest BCUT2D eigenvalue weighted by Gasteiger charge is -2.14. The number of ether oxygens (including phenoxy) is 3. The van der Waals surface area contributed by atoms with E-state index in [2.05, 4.69) is 5.32 Å². The number of hydrogen-bond donors (Lipinski definition) is 1. The molecule has 1 aromatic carbocycles. The van der Waals surface area contributed by atoms with E-state index in [4.69, 9.17) is 14.2 Å². The SMILES string of the molecule is COc1cc(NC(=O)C(C)OC(=O)c2cc3c(s2)CCCC3)cc(OC)c1. The molecule has 6 nitrogen and oxygen atoms in total. The van der Waals surface area contributed by atoms with Crippen LogP contribution in [0.15, 0.2) is 24.3 Å². The van der Waals surface area contributed by atoms with Crippen LogP contribution in [-0.4, -0.2) is 32.2 Å². The number of fused-ring (bicyclic) bond motifs is 1. The van der Waals surface area contributed by atoms with E-state index >= 15 is 0 Å². The summed E-state index contributed by atoms with van der Waals surface area (Å²) in [7, 11) is 3.07. The Morgan fingerprint density at radius 2 is 1.70 bits per heavy atom. The summed E-state index contributed by atoms with van der Waals surface area (Å²) in [5.74, 6) is 0.233. The number of benzene rings is 1. The summed E-state index contributed by atoms with van der Waals surface area (Å²) in [6.07, 6.45) is 3.41. The van der Waals surface area contributed by atoms with Gasteiger partial charge in [-0.15, -0.1) is 11.3 Å². The molecule has 0 fully saturated rings. The van der Waals surface area contributed by atoms with Gasteiger partial charge in [0, 0.05) is 28.8 Å². The maximum atomic E-state index is 12.4. The molecule has 1 N–H and O–H groups in total. The van der Waals surface area contributed by atoms with Crippen molar-refractivity contribution in [2.75, 3.05) is 19.5 Å². The Morgan fingerprint density at radius 3 is 2.33 bits per heavy atom. The van der Waals surface area contributed by atoms with Crippen LogP contribution in [0.3, 0.4) is 0 Å². The lowest BCUT2D eigenvalue weighted by atomic mass is 9.99. The van der Waals surface area contributed by atoms with Gasteiger partial charge in [-0.2, -0.15) is 0 Å². The van der Waals surface area contributed by atoms with Gasteiger partial charge in [0.1, 0.15) is 16.4 Å². The fourth-order valence-corrected chi connectivity index (χ4v) is 4.12. The van der Waals surface area contributed by atoms with Crippen LogP contribution in [0.25, 0.3) is 0 Å². The van der Waals surface area contributed by atoms with Gasteiger partial charge in [-0.05, 0) is 44.2 Å². The van der Waals surface area contributed by atoms with E-state index in [0.29, 0.717) is 22.1 Å². The Bertz CT molecular complexity index is 799. The number of rotatable bonds is 6. The van der Waals surface area contributed by atoms with Crippen LogP contribution >= 0.6 is 11.3 Å². The smallest absolute Gasteiger partial charge is 0.349 e. The normalized spacial score (nSPS) is 14.0. The van der Waals surface area contributed by atoms with Crippen molar-refractivity contribution in [2.45, 2.75) is 38.7 Å². The quantitative estimate of drug-likeness (QED) is 0.760. The molecule has 27 heavy (non-hydrogen) atoms. The molecule has 0 bridgehead atoms. The highest BCUT2D eigenvalue weighted by Crippen LogP contribution is 2.30. The van der Waals surface area contributed by atoms with E-state index in [1.807, 2.05) is 6.07 Å². The highest BCUT2D eigenvalue weighted by molar-refractivity contribution is 7.14. The van der Waals surface area contributed by atoms with E-state index in [-0.39, 0.29) is 0 Å². The molecule has 1 aromatic heterocycles. The van der Waals surface area contributed by atoms with Gasteiger partial charge >= 0.3 is 5.97 Å². The summed E-state index contributed by atoms with van der Waals surface area (Å²) in [6, 6.07) is 6.95. The fourth-order valence-electron chi connectivity index (χ4n) is 2.99. The molecule has 1 amide bonds. The molecule has 0 radical (unpaired) electrons. The van der Waals surface area contributed by atoms with Gasteiger partial charge < -0.3 is 19.5 Å². The minimum absolute atomic E-state index is 0.417. The second-order valence-corrected chi connectivity index (χ2v) is 7.54. The minimum atomic E-state index is -0.922. The molecule has 0 spiro atoms. The Kier molecular flexibility index (Phi) is 6.01. The zero-order valence-electron chi connectivity index (χ0n) is 15.7. The first-order valence-corrected chi connectivity index (χ1v) is 9.68. The molecular weight excluding hydrogens is 366 g/mol. The number of thiophene rings is 1. The Labute approximate surface area is 162 Å². The topological polar surface area (TPSA) is 73.9 Å². The summed E-state index contributed by atoms with van der Waals surface area (Å²) in [5, 5.41) is 2.72. The molecule has 3 rings (SSSR count). The minimum Gasteiger partial charge on any atom is -0.497 e. The molecular formula is C20H23NO5S. The maximum absolute atomic E-state index is 12.4. The predicted molar refractivity (Wildman–Crippen MR) is 104 cm³/mol. The first kappa shape index (κ1) is 19.2. The molecule has 0 aliphatic heterocycles. The average molecular weight is 389 g/mol. The van der Waals surface area contributed by atoms with Gasteiger partial charge in [0.15, 0.2) is 6.10 Å². The number of esters is 1. The zero-order valence-corrected chi connectivity index (χ0v) is 16.5. The van der Waals surface area contributed by atoms with E-state index < -0.39 is 18.0 Å². The van der Waals surface area contributed by atoms with Gasteiger partial charge in [0.2, 0.25) is 0 Å². The van der Waals surface area contributed by atoms with Gasteiger partial charge in [-0.25, -0.2) is 4.79 Å². The first-order valence-electron chi connectivity index (χ1n) is 8.86. The molecule has 0 saturated heterocycles. The van der Waals surface area contributed by atoms with Crippen LogP contribution in [0.2, 0.25) is 0 Å². The number of carbonyl (C=O) groups excluding carboxylic acids is 2. The molecule has 0 saturated carbocycles. The largest absolute Gasteiger partial charge is 0.497 e. The zero-order chi connectivity index (χ0) is 19.4. The molecule has 1 atom stereocenters. The summed E-state index contributed by atoms with van der Waals surface area (Å²) in [5.41, 5.74) is 1.74. The molecule has 1 aliphatic rings. The number of anilines is 1. The van der Waals surface area contributed by atoms with Crippen molar-refractivity contribution in [3.05, 3.63) is 39.6 Å². The molecule has 1 aliphatic carbocycles. The molecule has 2 aromatic rings. The Balaban J connectivity index is 1.63. The highest BCUT2D eigenvalue weighted by atomic mass is 32.1. The van der Waals surface area contributed by atoms with Crippen LogP contribution in [0.5, 0.6) is 11.5 Å². The van der Waals surface area contributed by atoms with E-state index in [9.17, 15) is 9.59 Å². The van der Waals surface area contributed by atoms with Crippen LogP contribution in [0.1, 0.15) is 39.9 Å². The monoisotopic (exact) mass is 389 g/mol. The highest BCUT2D eigenvalue weighted by Gasteiger charge is 2.23. The first-order chi connectivity index (χ1) is 13.0. The molecule has 144 valence electrons. The third-order valence-electron chi connectivity index (χ3n) is 4.47. The van der Waals surface area contributed by atoms with Gasteiger partial charge in [-0.1, -0.05) is 0 Å². The fraction of sp³-hybridized carbons (Fsp3) is 0.400. The molecule has 7 heteroatoms. The number of methoxy groups -OCH3 is 2. The summed E-state index contributed by atoms with van der Waals surface area (Å²) < 4.78 is 15.7. The lowest BCUT2D eigenvalue weighted by molar-refractivity contribution is -0.123. The van der Waals surface area contributed by atoms with Crippen molar-refractivity contribution in [1.82, 2.24) is 0 Å². The number of hydrogen-bond acceptors (Lipinski definition) is 6. The van der Waals surface area contributed by atoms with Crippen LogP contribution in [0, 0.1) is 0 Å². The van der Waals surface area contributed by atoms with Crippen molar-refractivity contribution in [2.24, 2.45) is 0 Å². The van der Waals surface area contributed by atoms with Crippen LogP contribution in [0.4, 0.5) is 5.69 Å². The number of carbonyl (C=O) groups is 2. The van der Waals surface area contributed by atoms with Crippen molar-refractivity contribution in [3.63, 3.8) is 0 Å². The third-order valence-corrected chi connectivity index (χ3v) is 5.69. The van der Waals surface area contributed by atoms with E-state index in [0.717, 1.165) is 25.7 Å². The second kappa shape index (κ2) is 8.43. The predicted octanol–water partition coefficient (Wildman–Crippen LogP) is 3.83. The van der Waals surface area contributed by atoms with E-state index in [1.54, 1.807) is 25.1 Å². The Morgan fingerprint density at radius 1 is 1.04 bits per heavy atom.